The number of ether oxygens (including phenoxy) is 1. The molecule has 1 aliphatic rings. The zero-order valence-corrected chi connectivity index (χ0v) is 12.0. The Balaban J connectivity index is 2.43. The Morgan fingerprint density at radius 3 is 2.28 bits per heavy atom. The first-order valence-corrected chi connectivity index (χ1v) is 7.47. The maximum atomic E-state index is 11.7. The molecule has 0 saturated heterocycles. The molecule has 18 heavy (non-hydrogen) atoms. The van der Waals surface area contributed by atoms with Crippen LogP contribution in [0.4, 0.5) is 0 Å². The molecular weight excluding hydrogens is 224 g/mol. The van der Waals surface area contributed by atoms with Crippen LogP contribution in [0.2, 0.25) is 0 Å². The summed E-state index contributed by atoms with van der Waals surface area (Å²) in [5.74, 6) is -0.0386. The van der Waals surface area contributed by atoms with E-state index in [0.29, 0.717) is 6.42 Å². The number of carbonyl (C=O) groups excluding carboxylic acids is 1. The van der Waals surface area contributed by atoms with E-state index >= 15 is 0 Å². The zero-order valence-electron chi connectivity index (χ0n) is 12.0. The molecule has 0 N–H and O–H groups in total. The van der Waals surface area contributed by atoms with E-state index in [1.54, 1.807) is 0 Å². The van der Waals surface area contributed by atoms with Gasteiger partial charge in [-0.25, -0.2) is 0 Å². The first kappa shape index (κ1) is 15.3. The number of carbonyl (C=O) groups is 1. The van der Waals surface area contributed by atoms with Crippen LogP contribution in [0.5, 0.6) is 0 Å². The highest BCUT2D eigenvalue weighted by molar-refractivity contribution is 5.69. The summed E-state index contributed by atoms with van der Waals surface area (Å²) in [7, 11) is 0. The van der Waals surface area contributed by atoms with Gasteiger partial charge in [-0.1, -0.05) is 44.3 Å². The summed E-state index contributed by atoms with van der Waals surface area (Å²) < 4.78 is 5.52. The van der Waals surface area contributed by atoms with Gasteiger partial charge in [-0.05, 0) is 33.1 Å². The molecule has 1 aliphatic heterocycles. The van der Waals surface area contributed by atoms with E-state index < -0.39 is 0 Å². The molecule has 0 amide bonds. The Morgan fingerprint density at radius 1 is 0.944 bits per heavy atom. The fraction of sp³-hybridized carbons (Fsp3) is 0.812. The van der Waals surface area contributed by atoms with E-state index in [9.17, 15) is 4.79 Å². The predicted molar refractivity (Wildman–Crippen MR) is 75.5 cm³/mol. The monoisotopic (exact) mass is 252 g/mol. The Bertz CT molecular complexity index is 266. The van der Waals surface area contributed by atoms with Crippen molar-refractivity contribution in [2.75, 3.05) is 0 Å². The van der Waals surface area contributed by atoms with Crippen LogP contribution in [-0.4, -0.2) is 11.6 Å². The van der Waals surface area contributed by atoms with Gasteiger partial charge in [-0.3, -0.25) is 4.79 Å². The summed E-state index contributed by atoms with van der Waals surface area (Å²) in [5.41, 5.74) is -0.353. The molecule has 0 fully saturated rings. The van der Waals surface area contributed by atoms with E-state index in [-0.39, 0.29) is 11.6 Å². The highest BCUT2D eigenvalue weighted by atomic mass is 16.6. The average molecular weight is 252 g/mol. The second kappa shape index (κ2) is 8.34. The van der Waals surface area contributed by atoms with E-state index in [1.165, 1.54) is 32.1 Å². The minimum Gasteiger partial charge on any atom is -0.459 e. The third-order valence-corrected chi connectivity index (χ3v) is 3.42. The molecule has 0 bridgehead atoms. The first-order chi connectivity index (χ1) is 8.60. The second-order valence-corrected chi connectivity index (χ2v) is 5.92. The molecular formula is C16H28O2. The van der Waals surface area contributed by atoms with Crippen LogP contribution in [0.25, 0.3) is 0 Å². The van der Waals surface area contributed by atoms with Crippen molar-refractivity contribution in [3.8, 4) is 0 Å². The standard InChI is InChI=1S/C16H28O2/c1-16(2)14-12-10-8-6-4-3-5-7-9-11-13-15(17)18-16/h10,12H,3-9,11,13-14H2,1-2H3/b12-10-. The Morgan fingerprint density at radius 2 is 1.56 bits per heavy atom. The average Bonchev–Trinajstić information content (AvgIpc) is 2.29. The molecule has 1 rings (SSSR count). The normalized spacial score (nSPS) is 25.6. The molecule has 0 unspecified atom stereocenters. The lowest BCUT2D eigenvalue weighted by Gasteiger charge is -2.23. The third kappa shape index (κ3) is 7.52. The van der Waals surface area contributed by atoms with Crippen LogP contribution in [0.1, 0.15) is 78.1 Å². The molecule has 0 spiro atoms. The van der Waals surface area contributed by atoms with Gasteiger partial charge in [-0.15, -0.1) is 0 Å². The smallest absolute Gasteiger partial charge is 0.306 e. The van der Waals surface area contributed by atoms with Gasteiger partial charge in [0.1, 0.15) is 5.60 Å². The largest absolute Gasteiger partial charge is 0.459 e. The topological polar surface area (TPSA) is 26.3 Å². The van der Waals surface area contributed by atoms with Gasteiger partial charge in [0.15, 0.2) is 0 Å². The molecule has 1 heterocycles. The lowest BCUT2D eigenvalue weighted by molar-refractivity contribution is -0.156. The minimum absolute atomic E-state index is 0.0386. The van der Waals surface area contributed by atoms with E-state index in [0.717, 1.165) is 25.7 Å². The van der Waals surface area contributed by atoms with Crippen LogP contribution >= 0.6 is 0 Å². The molecule has 2 nitrogen and oxygen atoms in total. The molecule has 0 aliphatic carbocycles. The lowest BCUT2D eigenvalue weighted by atomic mass is 10.0. The summed E-state index contributed by atoms with van der Waals surface area (Å²) >= 11 is 0. The number of rotatable bonds is 0. The van der Waals surface area contributed by atoms with Gasteiger partial charge in [0.2, 0.25) is 0 Å². The molecule has 0 aromatic carbocycles. The van der Waals surface area contributed by atoms with Crippen molar-refractivity contribution in [2.45, 2.75) is 83.7 Å². The molecule has 0 saturated carbocycles. The van der Waals surface area contributed by atoms with E-state index in [4.69, 9.17) is 4.74 Å². The second-order valence-electron chi connectivity index (χ2n) is 5.92. The Labute approximate surface area is 112 Å². The lowest BCUT2D eigenvalue weighted by Crippen LogP contribution is -2.27. The van der Waals surface area contributed by atoms with Crippen molar-refractivity contribution in [1.29, 1.82) is 0 Å². The summed E-state index contributed by atoms with van der Waals surface area (Å²) in [5, 5.41) is 0. The molecule has 104 valence electrons. The van der Waals surface area contributed by atoms with Gasteiger partial charge in [0.25, 0.3) is 0 Å². The highest BCUT2D eigenvalue weighted by Gasteiger charge is 2.20. The van der Waals surface area contributed by atoms with Crippen LogP contribution in [0.15, 0.2) is 12.2 Å². The summed E-state index contributed by atoms with van der Waals surface area (Å²) in [4.78, 5) is 11.7. The number of esters is 1. The summed E-state index contributed by atoms with van der Waals surface area (Å²) in [6.07, 6.45) is 15.6. The van der Waals surface area contributed by atoms with Crippen LogP contribution < -0.4 is 0 Å². The van der Waals surface area contributed by atoms with Crippen molar-refractivity contribution in [3.05, 3.63) is 12.2 Å². The SMILES string of the molecule is CC1(C)C/C=C\CCCCCCCCCC(=O)O1. The number of hydrogen-bond donors (Lipinski definition) is 0. The molecule has 0 aromatic rings. The maximum Gasteiger partial charge on any atom is 0.306 e. The van der Waals surface area contributed by atoms with Crippen molar-refractivity contribution in [3.63, 3.8) is 0 Å². The summed E-state index contributed by atoms with van der Waals surface area (Å²) in [6, 6.07) is 0. The van der Waals surface area contributed by atoms with Crippen LogP contribution in [0, 0.1) is 0 Å². The van der Waals surface area contributed by atoms with E-state index in [2.05, 4.69) is 12.2 Å². The van der Waals surface area contributed by atoms with Gasteiger partial charge < -0.3 is 4.74 Å². The maximum absolute atomic E-state index is 11.7. The van der Waals surface area contributed by atoms with Gasteiger partial charge in [-0.2, -0.15) is 0 Å². The van der Waals surface area contributed by atoms with Crippen molar-refractivity contribution in [2.24, 2.45) is 0 Å². The van der Waals surface area contributed by atoms with Crippen LogP contribution in [-0.2, 0) is 9.53 Å². The molecule has 0 atom stereocenters. The van der Waals surface area contributed by atoms with Gasteiger partial charge in [0, 0.05) is 12.8 Å². The third-order valence-electron chi connectivity index (χ3n) is 3.42. The number of hydrogen-bond acceptors (Lipinski definition) is 2. The number of allylic oxidation sites excluding steroid dienone is 1. The van der Waals surface area contributed by atoms with Gasteiger partial charge >= 0.3 is 5.97 Å². The van der Waals surface area contributed by atoms with E-state index in [1.807, 2.05) is 13.8 Å². The number of cyclic esters (lactones) is 1. The minimum atomic E-state index is -0.353. The first-order valence-electron chi connectivity index (χ1n) is 7.47. The van der Waals surface area contributed by atoms with Gasteiger partial charge in [0.05, 0.1) is 0 Å². The predicted octanol–water partition coefficient (Wildman–Crippen LogP) is 4.78. The van der Waals surface area contributed by atoms with Crippen molar-refractivity contribution in [1.82, 2.24) is 0 Å². The van der Waals surface area contributed by atoms with Crippen molar-refractivity contribution >= 4 is 5.97 Å². The fourth-order valence-corrected chi connectivity index (χ4v) is 2.30. The van der Waals surface area contributed by atoms with Crippen molar-refractivity contribution < 1.29 is 9.53 Å². The molecule has 0 radical (unpaired) electrons. The Kier molecular flexibility index (Phi) is 7.07. The van der Waals surface area contributed by atoms with Crippen LogP contribution in [0.3, 0.4) is 0 Å². The zero-order chi connectivity index (χ0) is 13.3. The fourth-order valence-electron chi connectivity index (χ4n) is 2.30. The highest BCUT2D eigenvalue weighted by Crippen LogP contribution is 2.18. The quantitative estimate of drug-likeness (QED) is 0.458. The molecule has 0 aromatic heterocycles. The Hall–Kier alpha value is -0.790. The summed E-state index contributed by atoms with van der Waals surface area (Å²) in [6.45, 7) is 3.99. The molecule has 2 heteroatoms.